The molecule has 0 spiro atoms. The summed E-state index contributed by atoms with van der Waals surface area (Å²) in [5, 5.41) is 2.90. The molecule has 0 radical (unpaired) electrons. The van der Waals surface area contributed by atoms with E-state index in [2.05, 4.69) is 15.2 Å². The maximum absolute atomic E-state index is 13.1. The molecule has 2 amide bonds. The van der Waals surface area contributed by atoms with Gasteiger partial charge in [0.05, 0.1) is 0 Å². The number of nitrogens with zero attached hydrogens (tertiary/aromatic N) is 3. The van der Waals surface area contributed by atoms with Gasteiger partial charge in [-0.3, -0.25) is 14.6 Å². The molecule has 6 nitrogen and oxygen atoms in total. The van der Waals surface area contributed by atoms with Crippen LogP contribution in [0.4, 0.5) is 5.69 Å². The Hall–Kier alpha value is -2.73. The van der Waals surface area contributed by atoms with Crippen molar-refractivity contribution >= 4 is 17.5 Å². The number of nitrogens with one attached hydrogen (secondary N) is 1. The molecule has 1 N–H and O–H groups in total. The first kappa shape index (κ1) is 19.0. The summed E-state index contributed by atoms with van der Waals surface area (Å²) < 4.78 is 0. The molecule has 142 valence electrons. The lowest BCUT2D eigenvalue weighted by atomic mass is 10.1. The number of pyridine rings is 1. The van der Waals surface area contributed by atoms with E-state index in [1.54, 1.807) is 17.0 Å². The third-order valence-corrected chi connectivity index (χ3v) is 4.73. The minimum Gasteiger partial charge on any atom is -0.352 e. The molecule has 0 bridgehead atoms. The van der Waals surface area contributed by atoms with Gasteiger partial charge in [0, 0.05) is 30.0 Å². The second-order valence-corrected chi connectivity index (χ2v) is 7.20. The van der Waals surface area contributed by atoms with E-state index in [1.807, 2.05) is 45.3 Å². The van der Waals surface area contributed by atoms with Crippen LogP contribution >= 0.6 is 0 Å². The summed E-state index contributed by atoms with van der Waals surface area (Å²) in [6.07, 6.45) is 3.22. The summed E-state index contributed by atoms with van der Waals surface area (Å²) >= 11 is 0. The van der Waals surface area contributed by atoms with Crippen LogP contribution in [0.2, 0.25) is 0 Å². The van der Waals surface area contributed by atoms with E-state index in [0.29, 0.717) is 17.8 Å². The van der Waals surface area contributed by atoms with Crippen molar-refractivity contribution in [2.45, 2.75) is 25.8 Å². The molecule has 6 heteroatoms. The summed E-state index contributed by atoms with van der Waals surface area (Å²) in [4.78, 5) is 33.5. The first-order valence-corrected chi connectivity index (χ1v) is 9.28. The van der Waals surface area contributed by atoms with Crippen LogP contribution < -0.4 is 10.2 Å². The molecular weight excluding hydrogens is 340 g/mol. The number of amides is 2. The van der Waals surface area contributed by atoms with Crippen molar-refractivity contribution in [2.75, 3.05) is 32.1 Å². The van der Waals surface area contributed by atoms with E-state index in [1.165, 1.54) is 6.20 Å². The third-order valence-electron chi connectivity index (χ3n) is 4.73. The molecule has 0 saturated heterocycles. The molecule has 1 aliphatic heterocycles. The molecule has 2 heterocycles. The van der Waals surface area contributed by atoms with Gasteiger partial charge < -0.3 is 15.1 Å². The van der Waals surface area contributed by atoms with Gasteiger partial charge in [-0.25, -0.2) is 0 Å². The molecule has 1 aromatic heterocycles. The summed E-state index contributed by atoms with van der Waals surface area (Å²) in [7, 11) is 4.00. The zero-order chi connectivity index (χ0) is 19.4. The topological polar surface area (TPSA) is 65.5 Å². The Bertz CT molecular complexity index is 834. The number of hydrogen-bond donors (Lipinski definition) is 1. The van der Waals surface area contributed by atoms with Crippen molar-refractivity contribution in [3.8, 4) is 0 Å². The van der Waals surface area contributed by atoms with E-state index in [9.17, 15) is 9.59 Å². The number of carbonyl (C=O) groups is 2. The predicted molar refractivity (Wildman–Crippen MR) is 106 cm³/mol. The van der Waals surface area contributed by atoms with Gasteiger partial charge in [0.2, 0.25) is 0 Å². The fraction of sp³-hybridized carbons (Fsp3) is 0.381. The lowest BCUT2D eigenvalue weighted by Crippen LogP contribution is -2.36. The highest BCUT2D eigenvalue weighted by molar-refractivity contribution is 6.07. The lowest BCUT2D eigenvalue weighted by Gasteiger charge is -2.22. The van der Waals surface area contributed by atoms with Gasteiger partial charge in [0.25, 0.3) is 11.8 Å². The molecule has 0 aliphatic carbocycles. The van der Waals surface area contributed by atoms with Gasteiger partial charge in [0.15, 0.2) is 0 Å². The van der Waals surface area contributed by atoms with Crippen LogP contribution in [0.5, 0.6) is 0 Å². The largest absolute Gasteiger partial charge is 0.352 e. The minimum absolute atomic E-state index is 0.0696. The van der Waals surface area contributed by atoms with Crippen molar-refractivity contribution in [1.82, 2.24) is 15.2 Å². The van der Waals surface area contributed by atoms with Crippen LogP contribution in [0.15, 0.2) is 42.6 Å². The molecule has 3 rings (SSSR count). The summed E-state index contributed by atoms with van der Waals surface area (Å²) in [5.41, 5.74) is 2.83. The van der Waals surface area contributed by atoms with Crippen molar-refractivity contribution in [3.05, 3.63) is 59.4 Å². The van der Waals surface area contributed by atoms with Crippen LogP contribution in [0.3, 0.4) is 0 Å². The maximum Gasteiger partial charge on any atom is 0.277 e. The highest BCUT2D eigenvalue weighted by atomic mass is 16.2. The Morgan fingerprint density at radius 1 is 1.26 bits per heavy atom. The van der Waals surface area contributed by atoms with Crippen LogP contribution in [0.25, 0.3) is 0 Å². The molecule has 0 fully saturated rings. The Kier molecular flexibility index (Phi) is 5.86. The monoisotopic (exact) mass is 366 g/mol. The number of carbonyl (C=O) groups excluding carboxylic acids is 2. The van der Waals surface area contributed by atoms with E-state index in [0.717, 1.165) is 30.6 Å². The first-order valence-electron chi connectivity index (χ1n) is 9.28. The van der Waals surface area contributed by atoms with Gasteiger partial charge in [-0.05, 0) is 64.2 Å². The number of hydrogen-bond acceptors (Lipinski definition) is 4. The van der Waals surface area contributed by atoms with Crippen molar-refractivity contribution < 1.29 is 9.59 Å². The molecule has 1 aromatic carbocycles. The van der Waals surface area contributed by atoms with Crippen molar-refractivity contribution in [3.63, 3.8) is 0 Å². The number of para-hydroxylation sites is 1. The Balaban J connectivity index is 1.72. The average molecular weight is 366 g/mol. The number of aromatic nitrogens is 1. The summed E-state index contributed by atoms with van der Waals surface area (Å²) in [6.45, 7) is 3.53. The Labute approximate surface area is 160 Å². The summed E-state index contributed by atoms with van der Waals surface area (Å²) in [5.74, 6) is -0.352. The Morgan fingerprint density at radius 2 is 2.04 bits per heavy atom. The van der Waals surface area contributed by atoms with Gasteiger partial charge in [-0.1, -0.05) is 18.2 Å². The number of anilines is 1. The zero-order valence-corrected chi connectivity index (χ0v) is 16.1. The van der Waals surface area contributed by atoms with Gasteiger partial charge in [0.1, 0.15) is 5.69 Å². The van der Waals surface area contributed by atoms with Gasteiger partial charge in [-0.2, -0.15) is 0 Å². The fourth-order valence-corrected chi connectivity index (χ4v) is 3.39. The van der Waals surface area contributed by atoms with E-state index in [4.69, 9.17) is 0 Å². The minimum atomic E-state index is -0.180. The highest BCUT2D eigenvalue weighted by Gasteiger charge is 2.32. The number of benzene rings is 1. The highest BCUT2D eigenvalue weighted by Crippen LogP contribution is 2.32. The van der Waals surface area contributed by atoms with Crippen LogP contribution in [-0.2, 0) is 6.42 Å². The zero-order valence-electron chi connectivity index (χ0n) is 16.1. The third kappa shape index (κ3) is 4.34. The SMILES string of the molecule is CC1Cc2ccccc2N1C(=O)c1cc(C(=O)NCCCN(C)C)ccn1. The molecule has 2 aromatic rings. The molecule has 1 atom stereocenters. The predicted octanol–water partition coefficient (Wildman–Crippen LogP) is 2.35. The standard InChI is InChI=1S/C21H26N4O2/c1-15-13-16-7-4-5-8-19(16)25(15)21(27)18-14-17(9-11-22-18)20(26)23-10-6-12-24(2)3/h4-5,7-9,11,14-15H,6,10,12-13H2,1-3H3,(H,23,26). The van der Waals surface area contributed by atoms with Crippen molar-refractivity contribution in [1.29, 1.82) is 0 Å². The van der Waals surface area contributed by atoms with E-state index < -0.39 is 0 Å². The molecular formula is C21H26N4O2. The van der Waals surface area contributed by atoms with Gasteiger partial charge >= 0.3 is 0 Å². The molecule has 0 saturated carbocycles. The fourth-order valence-electron chi connectivity index (χ4n) is 3.39. The smallest absolute Gasteiger partial charge is 0.277 e. The average Bonchev–Trinajstić information content (AvgIpc) is 3.00. The first-order chi connectivity index (χ1) is 13.0. The maximum atomic E-state index is 13.1. The normalized spacial score (nSPS) is 15.7. The van der Waals surface area contributed by atoms with Crippen LogP contribution in [-0.4, -0.2) is 54.9 Å². The summed E-state index contributed by atoms with van der Waals surface area (Å²) in [6, 6.07) is 11.2. The second-order valence-electron chi connectivity index (χ2n) is 7.20. The molecule has 27 heavy (non-hydrogen) atoms. The molecule has 1 unspecified atom stereocenters. The van der Waals surface area contributed by atoms with E-state index in [-0.39, 0.29) is 17.9 Å². The molecule has 1 aliphatic rings. The lowest BCUT2D eigenvalue weighted by molar-refractivity contribution is 0.0952. The van der Waals surface area contributed by atoms with Gasteiger partial charge in [-0.15, -0.1) is 0 Å². The van der Waals surface area contributed by atoms with Crippen LogP contribution in [0.1, 0.15) is 39.8 Å². The van der Waals surface area contributed by atoms with Crippen molar-refractivity contribution in [2.24, 2.45) is 0 Å². The number of rotatable bonds is 6. The number of fused-ring (bicyclic) bond motifs is 1. The van der Waals surface area contributed by atoms with E-state index >= 15 is 0 Å². The quantitative estimate of drug-likeness (QED) is 0.797. The second kappa shape index (κ2) is 8.31. The Morgan fingerprint density at radius 3 is 2.81 bits per heavy atom. The van der Waals surface area contributed by atoms with Crippen LogP contribution in [0, 0.1) is 0 Å².